The number of benzene rings is 1. The lowest BCUT2D eigenvalue weighted by Crippen LogP contribution is -2.36. The van der Waals surface area contributed by atoms with Gasteiger partial charge in [-0.3, -0.25) is 14.4 Å². The second-order valence-corrected chi connectivity index (χ2v) is 6.31. The van der Waals surface area contributed by atoms with Gasteiger partial charge in [0.25, 0.3) is 5.91 Å². The Bertz CT molecular complexity index is 773. The number of carbonyl (C=O) groups is 3. The molecule has 0 aliphatic rings. The molecule has 0 aliphatic carbocycles. The van der Waals surface area contributed by atoms with Crippen molar-refractivity contribution >= 4 is 35.2 Å². The number of hydrogen-bond acceptors (Lipinski definition) is 5. The number of aryl methyl sites for hydroxylation is 1. The summed E-state index contributed by atoms with van der Waals surface area (Å²) in [6.07, 6.45) is 3.49. The van der Waals surface area contributed by atoms with E-state index in [0.29, 0.717) is 17.8 Å². The van der Waals surface area contributed by atoms with Crippen molar-refractivity contribution in [3.63, 3.8) is 0 Å². The molecule has 26 heavy (non-hydrogen) atoms. The summed E-state index contributed by atoms with van der Waals surface area (Å²) in [5.74, 6) is -0.513. The van der Waals surface area contributed by atoms with Gasteiger partial charge in [-0.15, -0.1) is 0 Å². The lowest BCUT2D eigenvalue weighted by Gasteiger charge is -2.08. The molecule has 0 atom stereocenters. The van der Waals surface area contributed by atoms with Gasteiger partial charge >= 0.3 is 0 Å². The van der Waals surface area contributed by atoms with Crippen molar-refractivity contribution in [3.8, 4) is 0 Å². The van der Waals surface area contributed by atoms with Crippen LogP contribution in [0, 0.1) is 0 Å². The van der Waals surface area contributed by atoms with Gasteiger partial charge in [-0.05, 0) is 31.2 Å². The topological polar surface area (TPSA) is 105 Å². The Morgan fingerprint density at radius 2 is 1.85 bits per heavy atom. The van der Waals surface area contributed by atoms with Crippen molar-refractivity contribution in [2.24, 2.45) is 7.05 Å². The first kappa shape index (κ1) is 19.5. The van der Waals surface area contributed by atoms with Gasteiger partial charge in [-0.2, -0.15) is 0 Å². The number of imidazole rings is 1. The van der Waals surface area contributed by atoms with E-state index in [1.54, 1.807) is 30.5 Å². The maximum absolute atomic E-state index is 12.0. The van der Waals surface area contributed by atoms with Crippen LogP contribution < -0.4 is 16.0 Å². The normalized spacial score (nSPS) is 10.2. The molecule has 2 rings (SSSR count). The number of nitrogens with one attached hydrogen (secondary N) is 3. The SMILES string of the molecule is CCNC(=O)CNC(=O)c1ccc(NC(=O)CSc2nccn2C)cc1. The van der Waals surface area contributed by atoms with E-state index in [9.17, 15) is 14.4 Å². The van der Waals surface area contributed by atoms with Crippen molar-refractivity contribution in [1.29, 1.82) is 0 Å². The summed E-state index contributed by atoms with van der Waals surface area (Å²) in [5, 5.41) is 8.66. The fourth-order valence-corrected chi connectivity index (χ4v) is 2.78. The summed E-state index contributed by atoms with van der Waals surface area (Å²) in [7, 11) is 1.86. The minimum atomic E-state index is -0.348. The minimum absolute atomic E-state index is 0.0738. The molecule has 0 spiro atoms. The number of nitrogens with zero attached hydrogens (tertiary/aromatic N) is 2. The van der Waals surface area contributed by atoms with Crippen LogP contribution in [0.3, 0.4) is 0 Å². The molecule has 0 saturated heterocycles. The highest BCUT2D eigenvalue weighted by Gasteiger charge is 2.09. The number of anilines is 1. The number of thioether (sulfide) groups is 1. The lowest BCUT2D eigenvalue weighted by atomic mass is 10.2. The van der Waals surface area contributed by atoms with Crippen LogP contribution in [0.1, 0.15) is 17.3 Å². The monoisotopic (exact) mass is 375 g/mol. The van der Waals surface area contributed by atoms with Crippen LogP contribution in [-0.4, -0.2) is 46.1 Å². The molecule has 3 amide bonds. The maximum Gasteiger partial charge on any atom is 0.251 e. The van der Waals surface area contributed by atoms with Gasteiger partial charge in [0, 0.05) is 37.2 Å². The first-order chi connectivity index (χ1) is 12.5. The molecule has 0 saturated carbocycles. The molecular formula is C17H21N5O3S. The van der Waals surface area contributed by atoms with Gasteiger partial charge in [0.1, 0.15) is 0 Å². The molecule has 0 unspecified atom stereocenters. The van der Waals surface area contributed by atoms with Crippen molar-refractivity contribution in [2.45, 2.75) is 12.1 Å². The number of rotatable bonds is 8. The van der Waals surface area contributed by atoms with Gasteiger partial charge in [-0.25, -0.2) is 4.98 Å². The average Bonchev–Trinajstić information content (AvgIpc) is 3.04. The number of carbonyl (C=O) groups excluding carboxylic acids is 3. The molecule has 1 aromatic carbocycles. The molecule has 1 heterocycles. The highest BCUT2D eigenvalue weighted by Crippen LogP contribution is 2.15. The van der Waals surface area contributed by atoms with Crippen molar-refractivity contribution < 1.29 is 14.4 Å². The minimum Gasteiger partial charge on any atom is -0.355 e. The predicted octanol–water partition coefficient (Wildman–Crippen LogP) is 1.02. The van der Waals surface area contributed by atoms with Gasteiger partial charge in [0.15, 0.2) is 5.16 Å². The van der Waals surface area contributed by atoms with Crippen molar-refractivity contribution in [1.82, 2.24) is 20.2 Å². The fraction of sp³-hybridized carbons (Fsp3) is 0.294. The van der Waals surface area contributed by atoms with E-state index in [2.05, 4.69) is 20.9 Å². The second-order valence-electron chi connectivity index (χ2n) is 5.37. The molecule has 0 aliphatic heterocycles. The van der Waals surface area contributed by atoms with Gasteiger partial charge in [-0.1, -0.05) is 11.8 Å². The molecule has 3 N–H and O–H groups in total. The molecule has 9 heteroatoms. The summed E-state index contributed by atoms with van der Waals surface area (Å²) in [6.45, 7) is 2.25. The van der Waals surface area contributed by atoms with E-state index in [0.717, 1.165) is 5.16 Å². The smallest absolute Gasteiger partial charge is 0.251 e. The molecule has 138 valence electrons. The lowest BCUT2D eigenvalue weighted by molar-refractivity contribution is -0.120. The van der Waals surface area contributed by atoms with E-state index < -0.39 is 0 Å². The Balaban J connectivity index is 1.80. The Hall–Kier alpha value is -2.81. The summed E-state index contributed by atoms with van der Waals surface area (Å²) >= 11 is 1.34. The quantitative estimate of drug-likeness (QED) is 0.598. The van der Waals surface area contributed by atoms with Crippen LogP contribution in [0.4, 0.5) is 5.69 Å². The standard InChI is InChI=1S/C17H21N5O3S/c1-3-18-14(23)10-20-16(25)12-4-6-13(7-5-12)21-15(24)11-26-17-19-8-9-22(17)2/h4-9H,3,10-11H2,1-2H3,(H,18,23)(H,20,25)(H,21,24). The van der Waals surface area contributed by atoms with Crippen LogP contribution in [0.5, 0.6) is 0 Å². The van der Waals surface area contributed by atoms with E-state index >= 15 is 0 Å². The summed E-state index contributed by atoms with van der Waals surface area (Å²) in [4.78, 5) is 39.4. The first-order valence-corrected chi connectivity index (χ1v) is 9.03. The zero-order valence-corrected chi connectivity index (χ0v) is 15.4. The Labute approximate surface area is 155 Å². The molecule has 0 radical (unpaired) electrons. The molecule has 0 bridgehead atoms. The van der Waals surface area contributed by atoms with Crippen LogP contribution in [0.15, 0.2) is 41.8 Å². The van der Waals surface area contributed by atoms with E-state index in [1.165, 1.54) is 11.8 Å². The molecular weight excluding hydrogens is 354 g/mol. The number of amides is 3. The third-order valence-corrected chi connectivity index (χ3v) is 4.38. The largest absolute Gasteiger partial charge is 0.355 e. The summed E-state index contributed by atoms with van der Waals surface area (Å²) in [5.41, 5.74) is 1.00. The van der Waals surface area contributed by atoms with Crippen molar-refractivity contribution in [2.75, 3.05) is 24.2 Å². The highest BCUT2D eigenvalue weighted by atomic mass is 32.2. The summed E-state index contributed by atoms with van der Waals surface area (Å²) < 4.78 is 1.84. The fourth-order valence-electron chi connectivity index (χ4n) is 2.05. The van der Waals surface area contributed by atoms with Gasteiger partial charge in [0.2, 0.25) is 11.8 Å². The Kier molecular flexibility index (Phi) is 7.22. The van der Waals surface area contributed by atoms with Crippen LogP contribution in [-0.2, 0) is 16.6 Å². The molecule has 1 aromatic heterocycles. The third kappa shape index (κ3) is 5.92. The molecule has 8 nitrogen and oxygen atoms in total. The Morgan fingerprint density at radius 3 is 2.46 bits per heavy atom. The number of likely N-dealkylation sites (N-methyl/N-ethyl adjacent to an activating group) is 1. The number of aromatic nitrogens is 2. The first-order valence-electron chi connectivity index (χ1n) is 8.04. The highest BCUT2D eigenvalue weighted by molar-refractivity contribution is 7.99. The zero-order chi connectivity index (χ0) is 18.9. The van der Waals surface area contributed by atoms with Crippen molar-refractivity contribution in [3.05, 3.63) is 42.2 Å². The van der Waals surface area contributed by atoms with E-state index in [-0.39, 0.29) is 30.0 Å². The third-order valence-electron chi connectivity index (χ3n) is 3.32. The van der Waals surface area contributed by atoms with Gasteiger partial charge < -0.3 is 20.5 Å². The summed E-state index contributed by atoms with van der Waals surface area (Å²) in [6, 6.07) is 6.47. The average molecular weight is 375 g/mol. The van der Waals surface area contributed by atoms with Crippen LogP contribution >= 0.6 is 11.8 Å². The van der Waals surface area contributed by atoms with Crippen LogP contribution in [0.2, 0.25) is 0 Å². The number of hydrogen-bond donors (Lipinski definition) is 3. The zero-order valence-electron chi connectivity index (χ0n) is 14.6. The second kappa shape index (κ2) is 9.62. The van der Waals surface area contributed by atoms with Crippen LogP contribution in [0.25, 0.3) is 0 Å². The maximum atomic E-state index is 12.0. The predicted molar refractivity (Wildman–Crippen MR) is 100 cm³/mol. The van der Waals surface area contributed by atoms with E-state index in [4.69, 9.17) is 0 Å². The molecule has 0 fully saturated rings. The Morgan fingerprint density at radius 1 is 1.12 bits per heavy atom. The molecule has 2 aromatic rings. The van der Waals surface area contributed by atoms with E-state index in [1.807, 2.05) is 24.7 Å². The van der Waals surface area contributed by atoms with Gasteiger partial charge in [0.05, 0.1) is 12.3 Å².